The number of aryl methyl sites for hydroxylation is 7. The highest BCUT2D eigenvalue weighted by molar-refractivity contribution is 6.98. The van der Waals surface area contributed by atoms with Gasteiger partial charge in [-0.1, -0.05) is 119 Å². The van der Waals surface area contributed by atoms with Crippen molar-refractivity contribution in [2.45, 2.75) is 48.5 Å². The van der Waals surface area contributed by atoms with E-state index in [1.54, 1.807) is 0 Å². The molecule has 0 saturated heterocycles. The molecule has 0 atom stereocenters. The van der Waals surface area contributed by atoms with Gasteiger partial charge in [0.2, 0.25) is 6.71 Å². The maximum Gasteiger partial charge on any atom is 0.247 e. The normalized spacial score (nSPS) is 12.8. The summed E-state index contributed by atoms with van der Waals surface area (Å²) in [5.41, 5.74) is 25.7. The molecule has 2 heterocycles. The lowest BCUT2D eigenvalue weighted by Crippen LogP contribution is -2.59. The largest absolute Gasteiger partial charge is 0.307 e. The lowest BCUT2D eigenvalue weighted by atomic mass is 9.33. The zero-order valence-electron chi connectivity index (χ0n) is 31.2. The average molecular weight is 671 g/mol. The Morgan fingerprint density at radius 1 is 0.385 bits per heavy atom. The first-order chi connectivity index (χ1) is 25.2. The first-order valence-corrected chi connectivity index (χ1v) is 18.5. The van der Waals surface area contributed by atoms with E-state index in [1.807, 2.05) is 0 Å². The molecule has 0 spiro atoms. The smallest absolute Gasteiger partial charge is 0.247 e. The molecule has 0 amide bonds. The quantitative estimate of drug-likeness (QED) is 0.172. The predicted molar refractivity (Wildman–Crippen MR) is 224 cm³/mol. The van der Waals surface area contributed by atoms with E-state index in [0.717, 1.165) is 5.69 Å². The van der Waals surface area contributed by atoms with Crippen LogP contribution >= 0.6 is 0 Å². The topological polar surface area (TPSA) is 6.48 Å². The minimum Gasteiger partial charge on any atom is -0.307 e. The molecule has 3 heteroatoms. The molecule has 0 radical (unpaired) electrons. The van der Waals surface area contributed by atoms with Gasteiger partial charge in [-0.05, 0) is 140 Å². The highest BCUT2D eigenvalue weighted by Gasteiger charge is 2.42. The molecule has 0 N–H and O–H groups in total. The summed E-state index contributed by atoms with van der Waals surface area (Å²) in [6.07, 6.45) is 0. The van der Waals surface area contributed by atoms with Gasteiger partial charge in [0.25, 0.3) is 0 Å². The van der Waals surface area contributed by atoms with Gasteiger partial charge < -0.3 is 9.80 Å². The molecule has 2 aliphatic heterocycles. The zero-order valence-corrected chi connectivity index (χ0v) is 31.2. The van der Waals surface area contributed by atoms with Gasteiger partial charge in [0.15, 0.2) is 0 Å². The van der Waals surface area contributed by atoms with Crippen LogP contribution in [0, 0.1) is 48.5 Å². The highest BCUT2D eigenvalue weighted by atomic mass is 15.3. The number of para-hydroxylation sites is 3. The SMILES string of the molecule is Cc1cc(C)c(B2c3cc(-c4c(C)cccc4C)ccc3N3c4ccccc4N(c4ccc(-c5c(C)cccc5C)cc4)c4cccc2c43)c(C)c1. The van der Waals surface area contributed by atoms with Crippen molar-refractivity contribution in [1.29, 1.82) is 0 Å². The monoisotopic (exact) mass is 670 g/mol. The molecule has 9 rings (SSSR count). The van der Waals surface area contributed by atoms with Gasteiger partial charge in [0.05, 0.1) is 22.7 Å². The summed E-state index contributed by atoms with van der Waals surface area (Å²) in [7, 11) is 0. The Labute approximate surface area is 309 Å². The molecule has 0 bridgehead atoms. The van der Waals surface area contributed by atoms with Crippen molar-refractivity contribution >= 4 is 57.2 Å². The van der Waals surface area contributed by atoms with Crippen LogP contribution in [-0.4, -0.2) is 6.71 Å². The van der Waals surface area contributed by atoms with Gasteiger partial charge in [-0.15, -0.1) is 0 Å². The van der Waals surface area contributed by atoms with Crippen LogP contribution in [0.3, 0.4) is 0 Å². The molecule has 0 aliphatic carbocycles. The molecule has 0 unspecified atom stereocenters. The highest BCUT2D eigenvalue weighted by Crippen LogP contribution is 2.54. The van der Waals surface area contributed by atoms with Crippen molar-refractivity contribution in [3.8, 4) is 22.3 Å². The van der Waals surface area contributed by atoms with Gasteiger partial charge in [0, 0.05) is 11.4 Å². The van der Waals surface area contributed by atoms with Crippen molar-refractivity contribution < 1.29 is 0 Å². The van der Waals surface area contributed by atoms with Gasteiger partial charge in [-0.3, -0.25) is 0 Å². The van der Waals surface area contributed by atoms with Crippen LogP contribution in [0.1, 0.15) is 38.9 Å². The number of benzene rings is 7. The summed E-state index contributed by atoms with van der Waals surface area (Å²) in [4.78, 5) is 5.02. The van der Waals surface area contributed by atoms with E-state index in [1.165, 1.54) is 106 Å². The molecular formula is C49H43BN2. The molecule has 7 aromatic rings. The van der Waals surface area contributed by atoms with Crippen LogP contribution in [0.15, 0.2) is 133 Å². The molecule has 0 aromatic heterocycles. The third kappa shape index (κ3) is 4.87. The van der Waals surface area contributed by atoms with Gasteiger partial charge in [-0.25, -0.2) is 0 Å². The Kier molecular flexibility index (Phi) is 7.52. The molecular weight excluding hydrogens is 627 g/mol. The van der Waals surface area contributed by atoms with Crippen molar-refractivity contribution in [3.05, 3.63) is 172 Å². The van der Waals surface area contributed by atoms with Crippen LogP contribution in [0.5, 0.6) is 0 Å². The van der Waals surface area contributed by atoms with E-state index in [9.17, 15) is 0 Å². The Morgan fingerprint density at radius 2 is 0.904 bits per heavy atom. The van der Waals surface area contributed by atoms with Gasteiger partial charge in [0.1, 0.15) is 0 Å². The molecule has 2 aliphatic rings. The Hall–Kier alpha value is -5.80. The van der Waals surface area contributed by atoms with Crippen molar-refractivity contribution in [1.82, 2.24) is 0 Å². The molecule has 0 fully saturated rings. The van der Waals surface area contributed by atoms with Crippen LogP contribution in [0.25, 0.3) is 22.3 Å². The van der Waals surface area contributed by atoms with Crippen LogP contribution < -0.4 is 26.2 Å². The van der Waals surface area contributed by atoms with E-state index in [4.69, 9.17) is 0 Å². The average Bonchev–Trinajstić information content (AvgIpc) is 3.12. The standard InChI is InChI=1S/C49H43BN2/c1-30-27-35(6)48(36(7)28-30)50-40-17-12-20-45-49(40)52(42-26-23-38(29-41(42)50)47-33(4)15-11-16-34(47)5)44-19-9-8-18-43(44)51(45)39-24-21-37(22-25-39)46-31(2)13-10-14-32(46)3/h8-29H,1-7H3. The number of hydrogen-bond acceptors (Lipinski definition) is 2. The maximum atomic E-state index is 2.54. The second kappa shape index (κ2) is 12.2. The van der Waals surface area contributed by atoms with Crippen LogP contribution in [0.4, 0.5) is 34.1 Å². The summed E-state index contributed by atoms with van der Waals surface area (Å²) >= 11 is 0. The summed E-state index contributed by atoms with van der Waals surface area (Å²) in [6.45, 7) is 15.8. The lowest BCUT2D eigenvalue weighted by molar-refractivity contribution is 1.17. The van der Waals surface area contributed by atoms with Crippen molar-refractivity contribution in [2.75, 3.05) is 9.80 Å². The Balaban J connectivity index is 1.30. The van der Waals surface area contributed by atoms with E-state index in [2.05, 4.69) is 192 Å². The molecule has 7 aromatic carbocycles. The van der Waals surface area contributed by atoms with Gasteiger partial charge >= 0.3 is 0 Å². The number of fused-ring (bicyclic) bond motifs is 4. The summed E-state index contributed by atoms with van der Waals surface area (Å²) in [5.74, 6) is 0. The lowest BCUT2D eigenvalue weighted by Gasteiger charge is -2.46. The van der Waals surface area contributed by atoms with E-state index >= 15 is 0 Å². The second-order valence-electron chi connectivity index (χ2n) is 15.0. The predicted octanol–water partition coefficient (Wildman–Crippen LogP) is 11.3. The van der Waals surface area contributed by atoms with E-state index in [-0.39, 0.29) is 6.71 Å². The molecule has 252 valence electrons. The number of anilines is 6. The zero-order chi connectivity index (χ0) is 35.8. The number of rotatable bonds is 4. The summed E-state index contributed by atoms with van der Waals surface area (Å²) < 4.78 is 0. The number of hydrogen-bond donors (Lipinski definition) is 0. The maximum absolute atomic E-state index is 2.54. The summed E-state index contributed by atoms with van der Waals surface area (Å²) in [5, 5.41) is 0. The minimum atomic E-state index is 0.0737. The third-order valence-electron chi connectivity index (χ3n) is 11.5. The van der Waals surface area contributed by atoms with Crippen molar-refractivity contribution in [3.63, 3.8) is 0 Å². The first kappa shape index (κ1) is 32.1. The fraction of sp³-hybridized carbons (Fsp3) is 0.143. The fourth-order valence-electron chi connectivity index (χ4n) is 9.41. The van der Waals surface area contributed by atoms with Gasteiger partial charge in [-0.2, -0.15) is 0 Å². The van der Waals surface area contributed by atoms with Crippen LogP contribution in [0.2, 0.25) is 0 Å². The van der Waals surface area contributed by atoms with E-state index in [0.29, 0.717) is 0 Å². The van der Waals surface area contributed by atoms with Crippen molar-refractivity contribution in [2.24, 2.45) is 0 Å². The molecule has 0 saturated carbocycles. The molecule has 2 nitrogen and oxygen atoms in total. The fourth-order valence-corrected chi connectivity index (χ4v) is 9.41. The second-order valence-corrected chi connectivity index (χ2v) is 15.0. The first-order valence-electron chi connectivity index (χ1n) is 18.5. The Morgan fingerprint density at radius 3 is 1.52 bits per heavy atom. The Bertz CT molecular complexity index is 2500. The molecule has 52 heavy (non-hydrogen) atoms. The number of nitrogens with zero attached hydrogens (tertiary/aromatic N) is 2. The summed E-state index contributed by atoms with van der Waals surface area (Å²) in [6, 6.07) is 50.2. The minimum absolute atomic E-state index is 0.0737. The van der Waals surface area contributed by atoms with E-state index < -0.39 is 0 Å². The van der Waals surface area contributed by atoms with Crippen LogP contribution in [-0.2, 0) is 0 Å². The third-order valence-corrected chi connectivity index (χ3v) is 11.5.